The summed E-state index contributed by atoms with van der Waals surface area (Å²) < 4.78 is 37.3. The first kappa shape index (κ1) is 19.5. The molecule has 2 rings (SSSR count). The Hall–Kier alpha value is -2.81. The second-order valence-corrected chi connectivity index (χ2v) is 6.15. The highest BCUT2D eigenvalue weighted by Gasteiger charge is 2.12. The summed E-state index contributed by atoms with van der Waals surface area (Å²) in [4.78, 5) is 13.9. The minimum absolute atomic E-state index is 0.0445. The van der Waals surface area contributed by atoms with Crippen molar-refractivity contribution in [1.82, 2.24) is 4.90 Å². The molecular weight excluding hydrogens is 361 g/mol. The van der Waals surface area contributed by atoms with E-state index in [-0.39, 0.29) is 11.7 Å². The lowest BCUT2D eigenvalue weighted by Gasteiger charge is -2.18. The van der Waals surface area contributed by atoms with Crippen molar-refractivity contribution in [2.24, 2.45) is 10.2 Å². The van der Waals surface area contributed by atoms with Gasteiger partial charge in [-0.2, -0.15) is 18.6 Å². The number of nitrogens with zero attached hydrogens (tertiary/aromatic N) is 3. The molecule has 138 valence electrons. The molecule has 0 aliphatic carbocycles. The Kier molecular flexibility index (Phi) is 6.40. The fraction of sp³-hybridized carbons (Fsp3) is 0.235. The molecule has 0 saturated heterocycles. The van der Waals surface area contributed by atoms with Gasteiger partial charge in [0.25, 0.3) is 5.91 Å². The normalized spacial score (nSPS) is 11.5. The van der Waals surface area contributed by atoms with Crippen LogP contribution >= 0.6 is 0 Å². The van der Waals surface area contributed by atoms with Crippen molar-refractivity contribution in [2.45, 2.75) is 13.8 Å². The predicted molar refractivity (Wildman–Crippen MR) is 95.0 cm³/mol. The van der Waals surface area contributed by atoms with Crippen LogP contribution in [0.25, 0.3) is 0 Å². The first-order valence-corrected chi connectivity index (χ1v) is 9.18. The maximum absolute atomic E-state index is 12.4. The van der Waals surface area contributed by atoms with E-state index >= 15 is 0 Å². The number of halogens is 1. The molecule has 7 nitrogen and oxygen atoms in total. The molecule has 0 radical (unpaired) electrons. The van der Waals surface area contributed by atoms with Crippen molar-refractivity contribution < 1.29 is 21.3 Å². The van der Waals surface area contributed by atoms with Crippen LogP contribution in [0.3, 0.4) is 0 Å². The molecule has 2 aromatic carbocycles. The number of azo groups is 1. The molecule has 0 aromatic heterocycles. The molecule has 0 fully saturated rings. The van der Waals surface area contributed by atoms with Crippen molar-refractivity contribution in [1.29, 1.82) is 0 Å². The minimum atomic E-state index is -5.05. The van der Waals surface area contributed by atoms with Gasteiger partial charge in [-0.3, -0.25) is 4.79 Å². The zero-order valence-electron chi connectivity index (χ0n) is 14.3. The van der Waals surface area contributed by atoms with Crippen molar-refractivity contribution in [3.63, 3.8) is 0 Å². The summed E-state index contributed by atoms with van der Waals surface area (Å²) in [5.74, 6) is -0.206. The molecule has 0 unspecified atom stereocenters. The van der Waals surface area contributed by atoms with E-state index < -0.39 is 10.5 Å². The van der Waals surface area contributed by atoms with E-state index in [4.69, 9.17) is 0 Å². The van der Waals surface area contributed by atoms with Crippen LogP contribution in [0.15, 0.2) is 58.8 Å². The lowest BCUT2D eigenvalue weighted by atomic mass is 10.2. The quantitative estimate of drug-likeness (QED) is 0.533. The highest BCUT2D eigenvalue weighted by Crippen LogP contribution is 2.22. The number of hydrogen-bond acceptors (Lipinski definition) is 6. The molecule has 1 amide bonds. The van der Waals surface area contributed by atoms with Crippen molar-refractivity contribution in [3.05, 3.63) is 54.1 Å². The number of rotatable bonds is 7. The molecule has 0 atom stereocenters. The lowest BCUT2D eigenvalue weighted by Crippen LogP contribution is -2.30. The molecular formula is C17H18FN3O4S. The minimum Gasteiger partial charge on any atom is -0.358 e. The van der Waals surface area contributed by atoms with E-state index in [1.54, 1.807) is 29.2 Å². The van der Waals surface area contributed by atoms with Gasteiger partial charge in [0.2, 0.25) is 0 Å². The number of carbonyl (C=O) groups is 1. The highest BCUT2D eigenvalue weighted by atomic mass is 32.3. The van der Waals surface area contributed by atoms with Gasteiger partial charge in [-0.1, -0.05) is 3.89 Å². The average molecular weight is 379 g/mol. The number of carbonyl (C=O) groups excluding carboxylic acids is 1. The summed E-state index contributed by atoms with van der Waals surface area (Å²) in [5, 5.41) is 8.02. The first-order valence-electron chi connectivity index (χ1n) is 7.87. The molecule has 0 N–H and O–H groups in total. The third-order valence-electron chi connectivity index (χ3n) is 3.48. The third kappa shape index (κ3) is 5.62. The summed E-state index contributed by atoms with van der Waals surface area (Å²) in [6.07, 6.45) is 0. The Bertz CT molecular complexity index is 877. The van der Waals surface area contributed by atoms with E-state index in [1.165, 1.54) is 24.3 Å². The van der Waals surface area contributed by atoms with Gasteiger partial charge in [0.05, 0.1) is 11.4 Å². The Morgan fingerprint density at radius 1 is 0.962 bits per heavy atom. The number of amides is 1. The van der Waals surface area contributed by atoms with Gasteiger partial charge in [-0.25, -0.2) is 0 Å². The maximum atomic E-state index is 12.4. The second-order valence-electron chi connectivity index (χ2n) is 5.19. The van der Waals surface area contributed by atoms with Gasteiger partial charge in [-0.05, 0) is 62.4 Å². The highest BCUT2D eigenvalue weighted by molar-refractivity contribution is 7.81. The SMILES string of the molecule is CCN(CC)C(=O)c1ccc(N=Nc2ccc(OS(=O)(=O)F)cc2)cc1. The third-order valence-corrected chi connectivity index (χ3v) is 3.87. The van der Waals surface area contributed by atoms with E-state index in [0.717, 1.165) is 0 Å². The molecule has 0 bridgehead atoms. The van der Waals surface area contributed by atoms with Gasteiger partial charge in [0.15, 0.2) is 0 Å². The Morgan fingerprint density at radius 3 is 1.85 bits per heavy atom. The van der Waals surface area contributed by atoms with Gasteiger partial charge < -0.3 is 9.08 Å². The van der Waals surface area contributed by atoms with Gasteiger partial charge in [-0.15, -0.1) is 0 Å². The van der Waals surface area contributed by atoms with Crippen molar-refractivity contribution in [2.75, 3.05) is 13.1 Å². The van der Waals surface area contributed by atoms with Crippen LogP contribution in [0, 0.1) is 0 Å². The van der Waals surface area contributed by atoms with Crippen LogP contribution in [0.5, 0.6) is 5.75 Å². The summed E-state index contributed by atoms with van der Waals surface area (Å²) in [7, 11) is -5.05. The molecule has 0 aliphatic heterocycles. The van der Waals surface area contributed by atoms with Gasteiger partial charge in [0, 0.05) is 18.7 Å². The van der Waals surface area contributed by atoms with Crippen LogP contribution in [0.2, 0.25) is 0 Å². The van der Waals surface area contributed by atoms with Crippen LogP contribution in [-0.2, 0) is 10.5 Å². The lowest BCUT2D eigenvalue weighted by molar-refractivity contribution is 0.0773. The van der Waals surface area contributed by atoms with Crippen LogP contribution in [-0.4, -0.2) is 32.3 Å². The summed E-state index contributed by atoms with van der Waals surface area (Å²) in [6.45, 7) is 5.12. The van der Waals surface area contributed by atoms with Crippen molar-refractivity contribution >= 4 is 27.8 Å². The summed E-state index contributed by atoms with van der Waals surface area (Å²) >= 11 is 0. The molecule has 26 heavy (non-hydrogen) atoms. The Balaban J connectivity index is 2.05. The summed E-state index contributed by atoms with van der Waals surface area (Å²) in [5.41, 5.74) is 1.55. The number of hydrogen-bond donors (Lipinski definition) is 0. The standard InChI is InChI=1S/C17H18FN3O4S/c1-3-21(4-2)17(22)13-5-7-14(8-6-13)19-20-15-9-11-16(12-10-15)25-26(18,23)24/h5-12H,3-4H2,1-2H3. The first-order chi connectivity index (χ1) is 12.3. The van der Waals surface area contributed by atoms with Gasteiger partial charge in [0.1, 0.15) is 5.75 Å². The zero-order valence-corrected chi connectivity index (χ0v) is 15.1. The zero-order chi connectivity index (χ0) is 19.2. The van der Waals surface area contributed by atoms with E-state index in [9.17, 15) is 17.1 Å². The summed E-state index contributed by atoms with van der Waals surface area (Å²) in [6, 6.07) is 12.1. The smallest absolute Gasteiger partial charge is 0.358 e. The van der Waals surface area contributed by atoms with Gasteiger partial charge >= 0.3 is 10.5 Å². The topological polar surface area (TPSA) is 88.4 Å². The predicted octanol–water partition coefficient (Wildman–Crippen LogP) is 4.18. The molecule has 2 aromatic rings. The second kappa shape index (κ2) is 8.52. The monoisotopic (exact) mass is 379 g/mol. The number of benzene rings is 2. The fourth-order valence-corrected chi connectivity index (χ4v) is 2.50. The molecule has 0 aliphatic rings. The molecule has 9 heteroatoms. The van der Waals surface area contributed by atoms with E-state index in [1.807, 2.05) is 13.8 Å². The fourth-order valence-electron chi connectivity index (χ4n) is 2.16. The van der Waals surface area contributed by atoms with Crippen LogP contribution < -0.4 is 4.18 Å². The van der Waals surface area contributed by atoms with Crippen LogP contribution in [0.4, 0.5) is 15.3 Å². The Labute approximate surface area is 151 Å². The molecule has 0 heterocycles. The molecule has 0 spiro atoms. The van der Waals surface area contributed by atoms with E-state index in [0.29, 0.717) is 30.0 Å². The molecule has 0 saturated carbocycles. The van der Waals surface area contributed by atoms with E-state index in [2.05, 4.69) is 14.4 Å². The maximum Gasteiger partial charge on any atom is 0.488 e. The van der Waals surface area contributed by atoms with Crippen LogP contribution in [0.1, 0.15) is 24.2 Å². The Morgan fingerprint density at radius 2 is 1.42 bits per heavy atom. The largest absolute Gasteiger partial charge is 0.488 e. The van der Waals surface area contributed by atoms with Crippen molar-refractivity contribution in [3.8, 4) is 5.75 Å². The average Bonchev–Trinajstić information content (AvgIpc) is 2.61.